The number of nitrogens with one attached hydrogen (secondary N) is 3. The van der Waals surface area contributed by atoms with Gasteiger partial charge in [0.1, 0.15) is 5.82 Å². The lowest BCUT2D eigenvalue weighted by Crippen LogP contribution is -2.42. The van der Waals surface area contributed by atoms with Crippen LogP contribution in [0.2, 0.25) is 0 Å². The Morgan fingerprint density at radius 2 is 1.83 bits per heavy atom. The summed E-state index contributed by atoms with van der Waals surface area (Å²) >= 11 is 0. The highest BCUT2D eigenvalue weighted by Gasteiger charge is 2.23. The van der Waals surface area contributed by atoms with Crippen molar-refractivity contribution in [1.82, 2.24) is 14.9 Å². The van der Waals surface area contributed by atoms with Gasteiger partial charge in [-0.2, -0.15) is 4.98 Å². The molecule has 1 aromatic carbocycles. The van der Waals surface area contributed by atoms with Crippen LogP contribution >= 0.6 is 0 Å². The predicted molar refractivity (Wildman–Crippen MR) is 111 cm³/mol. The minimum Gasteiger partial charge on any atom is -0.450 e. The normalized spacial score (nSPS) is 14.2. The third kappa shape index (κ3) is 6.06. The third-order valence-corrected chi connectivity index (χ3v) is 4.49. The van der Waals surface area contributed by atoms with Gasteiger partial charge in [0.25, 0.3) is 0 Å². The molecule has 0 spiro atoms. The van der Waals surface area contributed by atoms with E-state index in [4.69, 9.17) is 4.74 Å². The third-order valence-electron chi connectivity index (χ3n) is 4.49. The maximum atomic E-state index is 11.8. The molecule has 3 rings (SSSR count). The van der Waals surface area contributed by atoms with Crippen molar-refractivity contribution in [2.24, 2.45) is 0 Å². The monoisotopic (exact) mass is 398 g/mol. The average Bonchev–Trinajstić information content (AvgIpc) is 2.70. The van der Waals surface area contributed by atoms with Gasteiger partial charge >= 0.3 is 6.09 Å². The molecule has 9 nitrogen and oxygen atoms in total. The van der Waals surface area contributed by atoms with E-state index in [0.717, 1.165) is 24.2 Å². The van der Waals surface area contributed by atoms with Crippen LogP contribution in [0.5, 0.6) is 0 Å². The van der Waals surface area contributed by atoms with Crippen LogP contribution < -0.4 is 16.0 Å². The van der Waals surface area contributed by atoms with E-state index in [2.05, 4.69) is 25.9 Å². The van der Waals surface area contributed by atoms with Gasteiger partial charge in [-0.1, -0.05) is 0 Å². The molecule has 154 valence electrons. The number of carbonyl (C=O) groups is 2. The Labute approximate surface area is 169 Å². The number of likely N-dealkylation sites (tertiary alicyclic amines) is 1. The van der Waals surface area contributed by atoms with Crippen molar-refractivity contribution < 1.29 is 14.3 Å². The standard InChI is InChI=1S/C20H26N6O3/c1-3-29-20(28)26-12-9-17(10-13-26)24-19-21-11-8-18(25-19)23-16-6-4-15(5-7-16)22-14(2)27/h4-8,11,17H,3,9-10,12-13H2,1-2H3,(H,22,27)(H2,21,23,24,25). The van der Waals surface area contributed by atoms with Crippen LogP contribution in [0, 0.1) is 0 Å². The fraction of sp³-hybridized carbons (Fsp3) is 0.400. The van der Waals surface area contributed by atoms with Crippen molar-refractivity contribution in [3.63, 3.8) is 0 Å². The van der Waals surface area contributed by atoms with Crippen LogP contribution in [-0.2, 0) is 9.53 Å². The van der Waals surface area contributed by atoms with Gasteiger partial charge in [0.2, 0.25) is 11.9 Å². The molecule has 1 fully saturated rings. The van der Waals surface area contributed by atoms with Crippen molar-refractivity contribution in [2.75, 3.05) is 35.6 Å². The average molecular weight is 398 g/mol. The number of amides is 2. The van der Waals surface area contributed by atoms with Gasteiger partial charge < -0.3 is 25.6 Å². The van der Waals surface area contributed by atoms with E-state index in [-0.39, 0.29) is 18.0 Å². The van der Waals surface area contributed by atoms with E-state index >= 15 is 0 Å². The van der Waals surface area contributed by atoms with Crippen LogP contribution in [0.3, 0.4) is 0 Å². The van der Waals surface area contributed by atoms with Gasteiger partial charge in [-0.05, 0) is 50.1 Å². The Morgan fingerprint density at radius 3 is 2.48 bits per heavy atom. The highest BCUT2D eigenvalue weighted by Crippen LogP contribution is 2.19. The second-order valence-electron chi connectivity index (χ2n) is 6.75. The highest BCUT2D eigenvalue weighted by atomic mass is 16.6. The highest BCUT2D eigenvalue weighted by molar-refractivity contribution is 5.88. The Morgan fingerprint density at radius 1 is 1.14 bits per heavy atom. The zero-order valence-electron chi connectivity index (χ0n) is 16.6. The van der Waals surface area contributed by atoms with Crippen LogP contribution in [0.15, 0.2) is 36.5 Å². The zero-order chi connectivity index (χ0) is 20.6. The minimum atomic E-state index is -0.252. The first-order valence-corrected chi connectivity index (χ1v) is 9.69. The maximum absolute atomic E-state index is 11.8. The maximum Gasteiger partial charge on any atom is 0.409 e. The topological polar surface area (TPSA) is 108 Å². The van der Waals surface area contributed by atoms with E-state index < -0.39 is 0 Å². The number of benzene rings is 1. The predicted octanol–water partition coefficient (Wildman–Crippen LogP) is 3.21. The lowest BCUT2D eigenvalue weighted by molar-refractivity contribution is -0.114. The quantitative estimate of drug-likeness (QED) is 0.685. The van der Waals surface area contributed by atoms with Crippen LogP contribution in [0.25, 0.3) is 0 Å². The molecule has 0 aliphatic carbocycles. The molecule has 2 aromatic rings. The first kappa shape index (κ1) is 20.4. The van der Waals surface area contributed by atoms with Crippen molar-refractivity contribution in [3.05, 3.63) is 36.5 Å². The fourth-order valence-electron chi connectivity index (χ4n) is 3.09. The summed E-state index contributed by atoms with van der Waals surface area (Å²) in [7, 11) is 0. The number of anilines is 4. The number of ether oxygens (including phenoxy) is 1. The lowest BCUT2D eigenvalue weighted by Gasteiger charge is -2.31. The smallest absolute Gasteiger partial charge is 0.409 e. The SMILES string of the molecule is CCOC(=O)N1CCC(Nc2nccc(Nc3ccc(NC(C)=O)cc3)n2)CC1. The van der Waals surface area contributed by atoms with Crippen LogP contribution in [0.4, 0.5) is 27.9 Å². The summed E-state index contributed by atoms with van der Waals surface area (Å²) in [5, 5.41) is 9.30. The van der Waals surface area contributed by atoms with Gasteiger partial charge in [0, 0.05) is 43.6 Å². The van der Waals surface area contributed by atoms with E-state index in [1.165, 1.54) is 6.92 Å². The number of nitrogens with zero attached hydrogens (tertiary/aromatic N) is 3. The molecule has 2 amide bonds. The van der Waals surface area contributed by atoms with Crippen LogP contribution in [0.1, 0.15) is 26.7 Å². The van der Waals surface area contributed by atoms with Gasteiger partial charge in [0.05, 0.1) is 6.61 Å². The summed E-state index contributed by atoms with van der Waals surface area (Å²) in [5.41, 5.74) is 1.59. The largest absolute Gasteiger partial charge is 0.450 e. The molecule has 0 atom stereocenters. The Hall–Kier alpha value is -3.36. The molecule has 0 saturated carbocycles. The Kier molecular flexibility index (Phi) is 6.83. The first-order valence-electron chi connectivity index (χ1n) is 9.69. The van der Waals surface area contributed by atoms with E-state index in [1.54, 1.807) is 17.2 Å². The van der Waals surface area contributed by atoms with Crippen molar-refractivity contribution in [3.8, 4) is 0 Å². The fourth-order valence-corrected chi connectivity index (χ4v) is 3.09. The minimum absolute atomic E-state index is 0.106. The first-order chi connectivity index (χ1) is 14.0. The van der Waals surface area contributed by atoms with Crippen molar-refractivity contribution in [1.29, 1.82) is 0 Å². The molecular weight excluding hydrogens is 372 g/mol. The van der Waals surface area contributed by atoms with E-state index in [1.807, 2.05) is 31.2 Å². The molecule has 0 unspecified atom stereocenters. The number of hydrogen-bond donors (Lipinski definition) is 3. The number of piperidine rings is 1. The molecule has 1 aliphatic heterocycles. The van der Waals surface area contributed by atoms with Gasteiger partial charge in [0.15, 0.2) is 0 Å². The summed E-state index contributed by atoms with van der Waals surface area (Å²) in [5.74, 6) is 1.10. The number of aromatic nitrogens is 2. The molecule has 9 heteroatoms. The van der Waals surface area contributed by atoms with E-state index in [0.29, 0.717) is 31.5 Å². The Bertz CT molecular complexity index is 834. The summed E-state index contributed by atoms with van der Waals surface area (Å²) in [6.45, 7) is 4.97. The molecule has 1 aliphatic rings. The molecule has 3 N–H and O–H groups in total. The molecule has 0 bridgehead atoms. The summed E-state index contributed by atoms with van der Waals surface area (Å²) in [4.78, 5) is 33.4. The number of carbonyl (C=O) groups excluding carboxylic acids is 2. The van der Waals surface area contributed by atoms with E-state index in [9.17, 15) is 9.59 Å². The second-order valence-corrected chi connectivity index (χ2v) is 6.75. The molecular formula is C20H26N6O3. The molecule has 2 heterocycles. The summed E-state index contributed by atoms with van der Waals surface area (Å²) in [6.07, 6.45) is 3.06. The molecule has 0 radical (unpaired) electrons. The number of hydrogen-bond acceptors (Lipinski definition) is 7. The summed E-state index contributed by atoms with van der Waals surface area (Å²) in [6, 6.07) is 9.36. The van der Waals surface area contributed by atoms with Crippen LogP contribution in [-0.4, -0.2) is 52.6 Å². The Balaban J connectivity index is 1.53. The lowest BCUT2D eigenvalue weighted by atomic mass is 10.1. The molecule has 1 saturated heterocycles. The summed E-state index contributed by atoms with van der Waals surface area (Å²) < 4.78 is 5.05. The van der Waals surface area contributed by atoms with Gasteiger partial charge in [-0.15, -0.1) is 0 Å². The molecule has 1 aromatic heterocycles. The molecule has 29 heavy (non-hydrogen) atoms. The van der Waals surface area contributed by atoms with Crippen molar-refractivity contribution in [2.45, 2.75) is 32.7 Å². The second kappa shape index (κ2) is 9.72. The van der Waals surface area contributed by atoms with Gasteiger partial charge in [-0.25, -0.2) is 9.78 Å². The zero-order valence-corrected chi connectivity index (χ0v) is 16.6. The number of rotatable bonds is 6. The van der Waals surface area contributed by atoms with Gasteiger partial charge in [-0.3, -0.25) is 4.79 Å². The van der Waals surface area contributed by atoms with Crippen molar-refractivity contribution >= 4 is 35.1 Å².